The van der Waals surface area contributed by atoms with Crippen molar-refractivity contribution < 1.29 is 9.90 Å². The molecule has 0 atom stereocenters. The molecule has 0 amide bonds. The summed E-state index contributed by atoms with van der Waals surface area (Å²) >= 11 is 2.74. The number of thioether (sulfide) groups is 1. The number of nitrogens with zero attached hydrogens (tertiary/aromatic N) is 7. The van der Waals surface area contributed by atoms with Crippen LogP contribution in [0.4, 0.5) is 11.6 Å². The molecule has 1 N–H and O–H groups in total. The van der Waals surface area contributed by atoms with Gasteiger partial charge >= 0.3 is 5.97 Å². The Morgan fingerprint density at radius 3 is 2.53 bits per heavy atom. The zero-order chi connectivity index (χ0) is 25.7. The fourth-order valence-electron chi connectivity index (χ4n) is 3.30. The monoisotopic (exact) mass is 523 g/mol. The molecule has 3 aromatic heterocycles. The Labute approximate surface area is 218 Å². The molecule has 0 aliphatic carbocycles. The first kappa shape index (κ1) is 25.6. The molecule has 0 bridgehead atoms. The molecule has 188 valence electrons. The fraction of sp³-hybridized carbons (Fsp3) is 0.320. The SMILES string of the molecule is CN(C)c1cnc(N(CCc2csc(SC(C)(C)C(=O)O)n2)Cc2cnn(-c3ccccc3)c2)nc1. The van der Waals surface area contributed by atoms with E-state index in [-0.39, 0.29) is 0 Å². The summed E-state index contributed by atoms with van der Waals surface area (Å²) in [4.78, 5) is 29.4. The number of thiazole rings is 1. The van der Waals surface area contributed by atoms with Gasteiger partial charge in [-0.1, -0.05) is 30.0 Å². The van der Waals surface area contributed by atoms with E-state index in [9.17, 15) is 9.90 Å². The molecule has 0 saturated heterocycles. The Balaban J connectivity index is 1.50. The van der Waals surface area contributed by atoms with Gasteiger partial charge in [0.2, 0.25) is 5.95 Å². The van der Waals surface area contributed by atoms with Crippen LogP contribution in [-0.4, -0.2) is 61.2 Å². The number of aliphatic carboxylic acids is 1. The second kappa shape index (κ2) is 11.1. The van der Waals surface area contributed by atoms with Gasteiger partial charge in [-0.05, 0) is 26.0 Å². The van der Waals surface area contributed by atoms with Crippen LogP contribution in [0.5, 0.6) is 0 Å². The number of aromatic nitrogens is 5. The van der Waals surface area contributed by atoms with Gasteiger partial charge in [-0.2, -0.15) is 5.10 Å². The van der Waals surface area contributed by atoms with Crippen LogP contribution in [0.2, 0.25) is 0 Å². The predicted molar refractivity (Wildman–Crippen MR) is 144 cm³/mol. The molecule has 36 heavy (non-hydrogen) atoms. The van der Waals surface area contributed by atoms with Crippen LogP contribution in [0.1, 0.15) is 25.1 Å². The van der Waals surface area contributed by atoms with Crippen molar-refractivity contribution in [3.8, 4) is 5.69 Å². The highest BCUT2D eigenvalue weighted by Gasteiger charge is 2.29. The Bertz CT molecular complexity index is 1290. The summed E-state index contributed by atoms with van der Waals surface area (Å²) in [7, 11) is 3.91. The first-order valence-electron chi connectivity index (χ1n) is 11.4. The zero-order valence-corrected chi connectivity index (χ0v) is 22.3. The van der Waals surface area contributed by atoms with Crippen LogP contribution < -0.4 is 9.80 Å². The first-order chi connectivity index (χ1) is 17.2. The molecule has 3 heterocycles. The standard InChI is InChI=1S/C25H29N7O2S2/c1-25(2,22(33)34)36-24-29-19(17-35-24)10-11-31(23-26-13-21(14-27-23)30(3)4)15-18-12-28-32(16-18)20-8-6-5-7-9-20/h5-9,12-14,16-17H,10-11,15H2,1-4H3,(H,33,34). The van der Waals surface area contributed by atoms with Crippen LogP contribution in [0.3, 0.4) is 0 Å². The van der Waals surface area contributed by atoms with Gasteiger partial charge in [0.1, 0.15) is 4.75 Å². The highest BCUT2D eigenvalue weighted by molar-refractivity contribution is 8.03. The summed E-state index contributed by atoms with van der Waals surface area (Å²) in [6.07, 6.45) is 8.18. The maximum Gasteiger partial charge on any atom is 0.319 e. The molecule has 4 rings (SSSR count). The predicted octanol–water partition coefficient (Wildman–Crippen LogP) is 4.39. The van der Waals surface area contributed by atoms with Crippen molar-refractivity contribution in [3.05, 3.63) is 71.8 Å². The Morgan fingerprint density at radius 2 is 1.86 bits per heavy atom. The number of carboxylic acids is 1. The number of hydrogen-bond acceptors (Lipinski definition) is 9. The third-order valence-electron chi connectivity index (χ3n) is 5.48. The van der Waals surface area contributed by atoms with Gasteiger partial charge in [0.15, 0.2) is 4.34 Å². The van der Waals surface area contributed by atoms with Crippen molar-refractivity contribution >= 4 is 40.7 Å². The summed E-state index contributed by atoms with van der Waals surface area (Å²) in [5.74, 6) is -0.227. The third-order valence-corrected chi connectivity index (χ3v) is 7.65. The van der Waals surface area contributed by atoms with Crippen LogP contribution in [0, 0.1) is 0 Å². The highest BCUT2D eigenvalue weighted by Crippen LogP contribution is 2.34. The minimum Gasteiger partial charge on any atom is -0.480 e. The minimum atomic E-state index is -0.928. The molecule has 0 radical (unpaired) electrons. The smallest absolute Gasteiger partial charge is 0.319 e. The molecule has 11 heteroatoms. The summed E-state index contributed by atoms with van der Waals surface area (Å²) in [5, 5.41) is 15.9. The number of para-hydroxylation sites is 1. The Kier molecular flexibility index (Phi) is 7.90. The Hall–Kier alpha value is -3.44. The van der Waals surface area contributed by atoms with E-state index >= 15 is 0 Å². The molecular weight excluding hydrogens is 494 g/mol. The molecule has 9 nitrogen and oxygen atoms in total. The van der Waals surface area contributed by atoms with Crippen molar-refractivity contribution in [1.29, 1.82) is 0 Å². The van der Waals surface area contributed by atoms with Crippen molar-refractivity contribution in [2.75, 3.05) is 30.4 Å². The quantitative estimate of drug-likeness (QED) is 0.287. The van der Waals surface area contributed by atoms with Gasteiger partial charge in [0, 0.05) is 50.7 Å². The summed E-state index contributed by atoms with van der Waals surface area (Å²) < 4.78 is 1.68. The van der Waals surface area contributed by atoms with Crippen molar-refractivity contribution in [3.63, 3.8) is 0 Å². The van der Waals surface area contributed by atoms with Crippen LogP contribution >= 0.6 is 23.1 Å². The zero-order valence-electron chi connectivity index (χ0n) is 20.7. The molecule has 1 aromatic carbocycles. The molecule has 0 spiro atoms. The number of anilines is 2. The molecule has 0 saturated carbocycles. The van der Waals surface area contributed by atoms with Gasteiger partial charge in [0.05, 0.1) is 35.7 Å². The van der Waals surface area contributed by atoms with E-state index in [1.165, 1.54) is 23.1 Å². The second-order valence-electron chi connectivity index (χ2n) is 8.96. The van der Waals surface area contributed by atoms with Crippen LogP contribution in [0.25, 0.3) is 5.69 Å². The average Bonchev–Trinajstić information content (AvgIpc) is 3.51. The molecular formula is C25H29N7O2S2. The molecule has 0 fully saturated rings. The summed E-state index contributed by atoms with van der Waals surface area (Å²) in [6.45, 7) is 4.61. The number of hydrogen-bond donors (Lipinski definition) is 1. The highest BCUT2D eigenvalue weighted by atomic mass is 32.2. The number of carboxylic acid groups (broad SMARTS) is 1. The van der Waals surface area contributed by atoms with E-state index in [2.05, 4.69) is 25.0 Å². The lowest BCUT2D eigenvalue weighted by Crippen LogP contribution is -2.27. The lowest BCUT2D eigenvalue weighted by Gasteiger charge is -2.22. The van der Waals surface area contributed by atoms with Gasteiger partial charge in [-0.25, -0.2) is 19.6 Å². The van der Waals surface area contributed by atoms with E-state index in [0.29, 0.717) is 25.5 Å². The maximum absolute atomic E-state index is 11.5. The maximum atomic E-state index is 11.5. The fourth-order valence-corrected chi connectivity index (χ4v) is 5.53. The Morgan fingerprint density at radius 1 is 1.14 bits per heavy atom. The van der Waals surface area contributed by atoms with E-state index in [0.717, 1.165) is 27.0 Å². The lowest BCUT2D eigenvalue weighted by atomic mass is 10.2. The lowest BCUT2D eigenvalue weighted by molar-refractivity contribution is -0.138. The molecule has 0 aliphatic heterocycles. The largest absolute Gasteiger partial charge is 0.480 e. The van der Waals surface area contributed by atoms with E-state index < -0.39 is 10.7 Å². The average molecular weight is 524 g/mol. The van der Waals surface area contributed by atoms with Gasteiger partial charge in [0.25, 0.3) is 0 Å². The van der Waals surface area contributed by atoms with Crippen LogP contribution in [0.15, 0.2) is 64.8 Å². The minimum absolute atomic E-state index is 0.589. The van der Waals surface area contributed by atoms with Gasteiger partial charge in [-0.3, -0.25) is 4.79 Å². The normalized spacial score (nSPS) is 11.4. The summed E-state index contributed by atoms with van der Waals surface area (Å²) in [6, 6.07) is 9.99. The number of benzene rings is 1. The van der Waals surface area contributed by atoms with Gasteiger partial charge < -0.3 is 14.9 Å². The van der Waals surface area contributed by atoms with Crippen molar-refractivity contribution in [1.82, 2.24) is 24.7 Å². The summed E-state index contributed by atoms with van der Waals surface area (Å²) in [5.41, 5.74) is 3.88. The van der Waals surface area contributed by atoms with Gasteiger partial charge in [-0.15, -0.1) is 11.3 Å². The molecule has 4 aromatic rings. The number of rotatable bonds is 11. The second-order valence-corrected chi connectivity index (χ2v) is 11.7. The van der Waals surface area contributed by atoms with E-state index in [1.54, 1.807) is 13.8 Å². The van der Waals surface area contributed by atoms with Crippen LogP contribution in [-0.2, 0) is 17.8 Å². The van der Waals surface area contributed by atoms with E-state index in [1.807, 2.05) is 84.2 Å². The number of carbonyl (C=O) groups is 1. The molecule has 0 unspecified atom stereocenters. The van der Waals surface area contributed by atoms with Crippen molar-refractivity contribution in [2.24, 2.45) is 0 Å². The van der Waals surface area contributed by atoms with Crippen molar-refractivity contribution in [2.45, 2.75) is 35.9 Å². The first-order valence-corrected chi connectivity index (χ1v) is 13.1. The third kappa shape index (κ3) is 6.41. The molecule has 0 aliphatic rings. The topological polar surface area (TPSA) is 100 Å². The van der Waals surface area contributed by atoms with E-state index in [4.69, 9.17) is 0 Å².